The van der Waals surface area contributed by atoms with Crippen molar-refractivity contribution in [2.75, 3.05) is 31.6 Å². The van der Waals surface area contributed by atoms with Crippen molar-refractivity contribution >= 4 is 33.5 Å². The monoisotopic (exact) mass is 618 g/mol. The van der Waals surface area contributed by atoms with Gasteiger partial charge in [-0.05, 0) is 73.8 Å². The van der Waals surface area contributed by atoms with Crippen LogP contribution < -0.4 is 10.1 Å². The SMILES string of the molecule is CC(C)CC(=O)Nc1cncc(-c2ccc3[nH]nc(-c4nc5c(-c6cc(F)cc(OCCN7CCCC7)c6)nccc5[nH]4)c3c2)c1. The van der Waals surface area contributed by atoms with Gasteiger partial charge in [-0.2, -0.15) is 5.10 Å². The van der Waals surface area contributed by atoms with Crippen molar-refractivity contribution in [3.8, 4) is 39.7 Å². The molecule has 7 rings (SSSR count). The van der Waals surface area contributed by atoms with E-state index >= 15 is 0 Å². The summed E-state index contributed by atoms with van der Waals surface area (Å²) < 4.78 is 20.7. The van der Waals surface area contributed by atoms with Gasteiger partial charge in [-0.3, -0.25) is 24.8 Å². The molecule has 0 spiro atoms. The molecule has 0 atom stereocenters. The number of halogens is 1. The molecule has 11 heteroatoms. The average Bonchev–Trinajstić information content (AvgIpc) is 3.80. The number of pyridine rings is 2. The molecule has 6 aromatic rings. The van der Waals surface area contributed by atoms with Crippen molar-refractivity contribution in [2.24, 2.45) is 5.92 Å². The number of anilines is 1. The smallest absolute Gasteiger partial charge is 0.224 e. The fourth-order valence-corrected chi connectivity index (χ4v) is 5.96. The standard InChI is InChI=1S/C35H35FN8O2/c1-21(2)13-31(45)39-26-15-24(19-37-20-26)22-5-6-29-28(17-22)33(43-42-29)35-40-30-7-8-38-32(34(30)41-35)23-14-25(36)18-27(16-23)46-12-11-44-9-3-4-10-44/h5-8,14-21H,3-4,9-13H2,1-2H3,(H,39,45)(H,40,41)(H,42,43). The lowest BCUT2D eigenvalue weighted by molar-refractivity contribution is -0.116. The highest BCUT2D eigenvalue weighted by atomic mass is 19.1. The van der Waals surface area contributed by atoms with Crippen molar-refractivity contribution in [3.63, 3.8) is 0 Å². The van der Waals surface area contributed by atoms with Crippen LogP contribution in [0.3, 0.4) is 0 Å². The number of likely N-dealkylation sites (tertiary alicyclic amines) is 1. The van der Waals surface area contributed by atoms with Crippen molar-refractivity contribution in [1.29, 1.82) is 0 Å². The molecule has 1 aliphatic heterocycles. The van der Waals surface area contributed by atoms with Gasteiger partial charge in [0, 0.05) is 47.9 Å². The number of aromatic nitrogens is 6. The predicted octanol–water partition coefficient (Wildman–Crippen LogP) is 6.83. The summed E-state index contributed by atoms with van der Waals surface area (Å²) in [5.74, 6) is 0.844. The summed E-state index contributed by atoms with van der Waals surface area (Å²) in [6.07, 6.45) is 7.96. The lowest BCUT2D eigenvalue weighted by atomic mass is 10.0. The molecule has 0 unspecified atom stereocenters. The fraction of sp³-hybridized carbons (Fsp3) is 0.286. The predicted molar refractivity (Wildman–Crippen MR) is 177 cm³/mol. The Balaban J connectivity index is 1.18. The van der Waals surface area contributed by atoms with Gasteiger partial charge < -0.3 is 15.0 Å². The van der Waals surface area contributed by atoms with Gasteiger partial charge in [-0.1, -0.05) is 19.9 Å². The number of carbonyl (C=O) groups excluding carboxylic acids is 1. The molecule has 10 nitrogen and oxygen atoms in total. The van der Waals surface area contributed by atoms with E-state index in [4.69, 9.17) is 9.72 Å². The van der Waals surface area contributed by atoms with Crippen LogP contribution in [-0.4, -0.2) is 67.2 Å². The zero-order chi connectivity index (χ0) is 31.6. The topological polar surface area (TPSA) is 125 Å². The minimum Gasteiger partial charge on any atom is -0.492 e. The zero-order valence-corrected chi connectivity index (χ0v) is 25.8. The maximum absolute atomic E-state index is 14.8. The lowest BCUT2D eigenvalue weighted by Crippen LogP contribution is -2.25. The van der Waals surface area contributed by atoms with Crippen LogP contribution in [0.4, 0.5) is 10.1 Å². The van der Waals surface area contributed by atoms with E-state index in [9.17, 15) is 9.18 Å². The third-order valence-electron chi connectivity index (χ3n) is 8.16. The highest BCUT2D eigenvalue weighted by molar-refractivity contribution is 5.98. The van der Waals surface area contributed by atoms with Gasteiger partial charge in [-0.25, -0.2) is 9.37 Å². The number of H-pyrrole nitrogens is 2. The Labute approximate surface area is 265 Å². The van der Waals surface area contributed by atoms with Gasteiger partial charge in [0.2, 0.25) is 5.91 Å². The number of aromatic amines is 2. The Bertz CT molecular complexity index is 2030. The van der Waals surface area contributed by atoms with E-state index in [1.54, 1.807) is 18.6 Å². The van der Waals surface area contributed by atoms with Crippen molar-refractivity contribution < 1.29 is 13.9 Å². The first-order valence-corrected chi connectivity index (χ1v) is 15.6. The Morgan fingerprint density at radius 2 is 1.87 bits per heavy atom. The van der Waals surface area contributed by atoms with E-state index in [0.29, 0.717) is 52.8 Å². The second kappa shape index (κ2) is 12.7. The largest absolute Gasteiger partial charge is 0.492 e. The number of amides is 1. The maximum Gasteiger partial charge on any atom is 0.224 e. The van der Waals surface area contributed by atoms with Crippen molar-refractivity contribution in [3.05, 3.63) is 72.9 Å². The molecule has 3 N–H and O–H groups in total. The highest BCUT2D eigenvalue weighted by Gasteiger charge is 2.18. The number of nitrogens with zero attached hydrogens (tertiary/aromatic N) is 5. The van der Waals surface area contributed by atoms with E-state index in [0.717, 1.165) is 47.2 Å². The summed E-state index contributed by atoms with van der Waals surface area (Å²) in [6.45, 7) is 7.50. The number of hydrogen-bond donors (Lipinski definition) is 3. The number of benzene rings is 2. The minimum absolute atomic E-state index is 0.0419. The Hall–Kier alpha value is -5.16. The quantitative estimate of drug-likeness (QED) is 0.154. The van der Waals surface area contributed by atoms with E-state index in [1.807, 2.05) is 50.2 Å². The number of imidazole rings is 1. The van der Waals surface area contributed by atoms with Gasteiger partial charge in [0.15, 0.2) is 5.82 Å². The van der Waals surface area contributed by atoms with Crippen molar-refractivity contribution in [1.82, 2.24) is 35.0 Å². The fourth-order valence-electron chi connectivity index (χ4n) is 5.96. The molecule has 234 valence electrons. The van der Waals surface area contributed by atoms with E-state index in [-0.39, 0.29) is 11.8 Å². The van der Waals surface area contributed by atoms with Gasteiger partial charge in [-0.15, -0.1) is 0 Å². The van der Waals surface area contributed by atoms with Crippen LogP contribution in [-0.2, 0) is 4.79 Å². The molecule has 1 fully saturated rings. The molecule has 4 aromatic heterocycles. The van der Waals surface area contributed by atoms with Gasteiger partial charge in [0.1, 0.15) is 29.4 Å². The number of ether oxygens (including phenoxy) is 1. The van der Waals surface area contributed by atoms with Crippen LogP contribution in [0, 0.1) is 11.7 Å². The lowest BCUT2D eigenvalue weighted by Gasteiger charge is -2.15. The highest BCUT2D eigenvalue weighted by Crippen LogP contribution is 2.34. The molecule has 0 bridgehead atoms. The molecule has 1 saturated heterocycles. The van der Waals surface area contributed by atoms with Gasteiger partial charge in [0.05, 0.1) is 28.6 Å². The summed E-state index contributed by atoms with van der Waals surface area (Å²) in [5, 5.41) is 11.5. The zero-order valence-electron chi connectivity index (χ0n) is 25.8. The third-order valence-corrected chi connectivity index (χ3v) is 8.16. The molecule has 0 saturated carbocycles. The molecule has 2 aromatic carbocycles. The van der Waals surface area contributed by atoms with Crippen LogP contribution >= 0.6 is 0 Å². The molecule has 5 heterocycles. The summed E-state index contributed by atoms with van der Waals surface area (Å²) in [7, 11) is 0. The van der Waals surface area contributed by atoms with Crippen LogP contribution in [0.1, 0.15) is 33.1 Å². The number of rotatable bonds is 10. The number of fused-ring (bicyclic) bond motifs is 2. The van der Waals surface area contributed by atoms with Crippen LogP contribution in [0.15, 0.2) is 67.1 Å². The average molecular weight is 619 g/mol. The summed E-state index contributed by atoms with van der Waals surface area (Å²) in [5.41, 5.74) is 6.38. The molecule has 0 aliphatic carbocycles. The van der Waals surface area contributed by atoms with Crippen molar-refractivity contribution in [2.45, 2.75) is 33.1 Å². The Morgan fingerprint density at radius 1 is 1.00 bits per heavy atom. The maximum atomic E-state index is 14.8. The number of nitrogens with one attached hydrogen (secondary N) is 3. The molecule has 0 radical (unpaired) electrons. The second-order valence-corrected chi connectivity index (χ2v) is 12.2. The van der Waals surface area contributed by atoms with Crippen LogP contribution in [0.5, 0.6) is 5.75 Å². The summed E-state index contributed by atoms with van der Waals surface area (Å²) in [4.78, 5) is 31.9. The first kappa shape index (κ1) is 29.5. The first-order valence-electron chi connectivity index (χ1n) is 15.6. The molecule has 46 heavy (non-hydrogen) atoms. The minimum atomic E-state index is -0.396. The number of carbonyl (C=O) groups is 1. The van der Waals surface area contributed by atoms with Crippen LogP contribution in [0.2, 0.25) is 0 Å². The van der Waals surface area contributed by atoms with Gasteiger partial charge >= 0.3 is 0 Å². The summed E-state index contributed by atoms with van der Waals surface area (Å²) >= 11 is 0. The molecular formula is C35H35FN8O2. The normalized spacial score (nSPS) is 13.7. The van der Waals surface area contributed by atoms with Gasteiger partial charge in [0.25, 0.3) is 0 Å². The Kier molecular flexibility index (Phi) is 8.15. The van der Waals surface area contributed by atoms with E-state index in [2.05, 4.69) is 35.4 Å². The molecule has 1 amide bonds. The number of hydrogen-bond acceptors (Lipinski definition) is 7. The third kappa shape index (κ3) is 6.32. The first-order chi connectivity index (χ1) is 22.4. The molecule has 1 aliphatic rings. The Morgan fingerprint density at radius 3 is 2.72 bits per heavy atom. The van der Waals surface area contributed by atoms with Crippen LogP contribution in [0.25, 0.3) is 55.8 Å². The van der Waals surface area contributed by atoms with E-state index < -0.39 is 5.82 Å². The molecular weight excluding hydrogens is 583 g/mol. The summed E-state index contributed by atoms with van der Waals surface area (Å²) in [6, 6.07) is 14.4. The second-order valence-electron chi connectivity index (χ2n) is 12.2. The van der Waals surface area contributed by atoms with E-state index in [1.165, 1.54) is 25.0 Å².